The van der Waals surface area contributed by atoms with Crippen LogP contribution in [-0.2, 0) is 29.6 Å². The fourth-order valence-corrected chi connectivity index (χ4v) is 4.37. The summed E-state index contributed by atoms with van der Waals surface area (Å²) in [7, 11) is 0. The molecule has 0 saturated carbocycles. The molecule has 1 aliphatic heterocycles. The van der Waals surface area contributed by atoms with Gasteiger partial charge in [0.2, 0.25) is 17.6 Å². The van der Waals surface area contributed by atoms with Crippen LogP contribution < -0.4 is 10.6 Å². The highest BCUT2D eigenvalue weighted by molar-refractivity contribution is 6.30. The van der Waals surface area contributed by atoms with E-state index < -0.39 is 48.0 Å². The number of carbonyl (C=O) groups is 3. The van der Waals surface area contributed by atoms with Crippen LogP contribution in [0, 0.1) is 0 Å². The zero-order valence-electron chi connectivity index (χ0n) is 23.6. The van der Waals surface area contributed by atoms with Gasteiger partial charge in [0.1, 0.15) is 24.9 Å². The normalized spacial score (nSPS) is 16.7. The third-order valence-corrected chi connectivity index (χ3v) is 6.63. The Bertz CT molecular complexity index is 1050. The Kier molecular flexibility index (Phi) is 12.4. The van der Waals surface area contributed by atoms with Crippen LogP contribution in [0.5, 0.6) is 0 Å². The van der Waals surface area contributed by atoms with Crippen molar-refractivity contribution in [3.8, 4) is 0 Å². The average Bonchev–Trinajstić information content (AvgIpc) is 2.92. The molecule has 41 heavy (non-hydrogen) atoms. The average molecular weight is 608 g/mol. The van der Waals surface area contributed by atoms with Gasteiger partial charge in [-0.15, -0.1) is 0 Å². The summed E-state index contributed by atoms with van der Waals surface area (Å²) in [4.78, 5) is 45.9. The van der Waals surface area contributed by atoms with Crippen molar-refractivity contribution in [3.05, 3.63) is 41.7 Å². The Balaban J connectivity index is 2.25. The first-order valence-electron chi connectivity index (χ1n) is 13.0. The Morgan fingerprint density at radius 1 is 1.12 bits per heavy atom. The van der Waals surface area contributed by atoms with Crippen LogP contribution in [-0.4, -0.2) is 103 Å². The van der Waals surface area contributed by atoms with Crippen molar-refractivity contribution >= 4 is 29.5 Å². The summed E-state index contributed by atoms with van der Waals surface area (Å²) in [6.07, 6.45) is -2.78. The number of amides is 3. The molecule has 0 unspecified atom stereocenters. The molecule has 1 aromatic heterocycles. The van der Waals surface area contributed by atoms with Gasteiger partial charge in [0.05, 0.1) is 17.1 Å². The van der Waals surface area contributed by atoms with Gasteiger partial charge in [-0.2, -0.15) is 13.2 Å². The van der Waals surface area contributed by atoms with E-state index in [1.807, 2.05) is 5.32 Å². The maximum atomic E-state index is 13.5. The maximum Gasteiger partial charge on any atom is 0.410 e. The number of hydrogen-bond acceptors (Lipinski definition) is 8. The van der Waals surface area contributed by atoms with Gasteiger partial charge in [-0.3, -0.25) is 24.4 Å². The van der Waals surface area contributed by atoms with Crippen LogP contribution >= 0.6 is 11.6 Å². The maximum absolute atomic E-state index is 13.5. The van der Waals surface area contributed by atoms with Gasteiger partial charge in [0.15, 0.2) is 0 Å². The van der Waals surface area contributed by atoms with Crippen LogP contribution in [0.3, 0.4) is 0 Å². The van der Waals surface area contributed by atoms with Crippen molar-refractivity contribution in [1.82, 2.24) is 25.4 Å². The van der Waals surface area contributed by atoms with Crippen molar-refractivity contribution in [2.24, 2.45) is 0 Å². The Hall–Kier alpha value is -2.94. The van der Waals surface area contributed by atoms with Crippen LogP contribution in [0.1, 0.15) is 33.4 Å². The van der Waals surface area contributed by atoms with E-state index in [0.29, 0.717) is 10.7 Å². The van der Waals surface area contributed by atoms with Crippen molar-refractivity contribution in [1.29, 1.82) is 0 Å². The van der Waals surface area contributed by atoms with E-state index in [0.717, 1.165) is 4.90 Å². The van der Waals surface area contributed by atoms with Crippen LogP contribution in [0.15, 0.2) is 31.0 Å². The molecule has 230 valence electrons. The van der Waals surface area contributed by atoms with Gasteiger partial charge >= 0.3 is 12.3 Å². The molecule has 3 amide bonds. The first kappa shape index (κ1) is 34.3. The van der Waals surface area contributed by atoms with E-state index in [9.17, 15) is 27.6 Å². The predicted octanol–water partition coefficient (Wildman–Crippen LogP) is 2.84. The third kappa shape index (κ3) is 9.28. The summed E-state index contributed by atoms with van der Waals surface area (Å²) in [5.41, 5.74) is -0.881. The number of pyridine rings is 1. The number of nitrogens with one attached hydrogen (secondary N) is 2. The number of alkyl halides is 3. The molecule has 1 aromatic rings. The van der Waals surface area contributed by atoms with Gasteiger partial charge in [0.25, 0.3) is 0 Å². The van der Waals surface area contributed by atoms with Gasteiger partial charge in [-0.1, -0.05) is 24.3 Å². The predicted molar refractivity (Wildman–Crippen MR) is 144 cm³/mol. The molecule has 0 aromatic carbocycles. The molecule has 0 aliphatic carbocycles. The highest BCUT2D eigenvalue weighted by atomic mass is 35.5. The lowest BCUT2D eigenvalue weighted by Gasteiger charge is -2.46. The molecule has 15 heteroatoms. The molecule has 1 aliphatic rings. The van der Waals surface area contributed by atoms with Crippen molar-refractivity contribution in [3.63, 3.8) is 0 Å². The number of nitrogens with zero attached hydrogens (tertiary/aromatic N) is 3. The quantitative estimate of drug-likeness (QED) is 0.259. The van der Waals surface area contributed by atoms with E-state index in [2.05, 4.69) is 16.9 Å². The second-order valence-electron chi connectivity index (χ2n) is 9.58. The van der Waals surface area contributed by atoms with Gasteiger partial charge in [0, 0.05) is 39.0 Å². The zero-order chi connectivity index (χ0) is 30.8. The van der Waals surface area contributed by atoms with E-state index in [1.165, 1.54) is 12.3 Å². The Morgan fingerprint density at radius 3 is 2.32 bits per heavy atom. The number of carbonyl (C=O) groups excluding carboxylic acids is 3. The monoisotopic (exact) mass is 607 g/mol. The molecule has 0 radical (unpaired) electrons. The lowest BCUT2D eigenvalue weighted by Crippen LogP contribution is -2.67. The summed E-state index contributed by atoms with van der Waals surface area (Å²) in [5, 5.41) is 5.05. The lowest BCUT2D eigenvalue weighted by molar-refractivity contribution is -0.241. The smallest absolute Gasteiger partial charge is 0.410 e. The molecule has 1 saturated heterocycles. The van der Waals surface area contributed by atoms with Crippen LogP contribution in [0.4, 0.5) is 18.0 Å². The molecular formula is C26H37ClF3N5O6. The van der Waals surface area contributed by atoms with Crippen molar-refractivity contribution in [2.75, 3.05) is 52.5 Å². The van der Waals surface area contributed by atoms with E-state index >= 15 is 0 Å². The summed E-state index contributed by atoms with van der Waals surface area (Å²) in [6, 6.07) is 1.89. The molecule has 0 bridgehead atoms. The standard InChI is InChI=1S/C26H37ClF3N5O6/c1-6-13-39-23(38)35-12-11-34(15-19(35)21(36)32-17-26(28,29)30)24(4,5)22(37)33-16-25(40-7-2,41-8-3)20-10-9-18(27)14-31-20/h6,9-10,14,19H,1,7-8,11-13,15-17H2,2-5H3,(H,32,36)(H,33,37)/t19-/m0/s1. The number of piperazine rings is 1. The van der Waals surface area contributed by atoms with Crippen LogP contribution in [0.25, 0.3) is 0 Å². The van der Waals surface area contributed by atoms with E-state index in [4.69, 9.17) is 25.8 Å². The fourth-order valence-electron chi connectivity index (χ4n) is 4.26. The minimum atomic E-state index is -4.65. The Morgan fingerprint density at radius 2 is 1.78 bits per heavy atom. The fraction of sp³-hybridized carbons (Fsp3) is 0.615. The second kappa shape index (κ2) is 14.8. The number of ether oxygens (including phenoxy) is 3. The third-order valence-electron chi connectivity index (χ3n) is 6.41. The minimum Gasteiger partial charge on any atom is -0.445 e. The lowest BCUT2D eigenvalue weighted by atomic mass is 9.97. The SMILES string of the molecule is C=CCOC(=O)N1CCN(C(C)(C)C(=O)NCC(OCC)(OCC)c2ccc(Cl)cn2)C[C@H]1C(=O)NCC(F)(F)F. The van der Waals surface area contributed by atoms with E-state index in [-0.39, 0.29) is 46.0 Å². The molecule has 1 fully saturated rings. The highest BCUT2D eigenvalue weighted by Crippen LogP contribution is 2.28. The first-order valence-corrected chi connectivity index (χ1v) is 13.4. The van der Waals surface area contributed by atoms with E-state index in [1.54, 1.807) is 44.7 Å². The topological polar surface area (TPSA) is 122 Å². The molecule has 1 atom stereocenters. The van der Waals surface area contributed by atoms with Crippen molar-refractivity contribution in [2.45, 2.75) is 51.2 Å². The number of hydrogen-bond donors (Lipinski definition) is 2. The van der Waals surface area contributed by atoms with Gasteiger partial charge in [-0.05, 0) is 39.8 Å². The molecule has 2 N–H and O–H groups in total. The Labute approximate surface area is 242 Å². The minimum absolute atomic E-state index is 0.0761. The summed E-state index contributed by atoms with van der Waals surface area (Å²) < 4.78 is 55.2. The number of rotatable bonds is 13. The molecule has 0 spiro atoms. The number of aromatic nitrogens is 1. The summed E-state index contributed by atoms with van der Waals surface area (Å²) >= 11 is 5.98. The first-order chi connectivity index (χ1) is 19.2. The summed E-state index contributed by atoms with van der Waals surface area (Å²) in [5.74, 6) is -2.93. The van der Waals surface area contributed by atoms with Gasteiger partial charge < -0.3 is 24.8 Å². The second-order valence-corrected chi connectivity index (χ2v) is 10.0. The van der Waals surface area contributed by atoms with Crippen molar-refractivity contribution < 1.29 is 41.8 Å². The largest absolute Gasteiger partial charge is 0.445 e. The summed E-state index contributed by atoms with van der Waals surface area (Å²) in [6.45, 7) is 8.64. The highest BCUT2D eigenvalue weighted by Gasteiger charge is 2.45. The molecular weight excluding hydrogens is 571 g/mol. The molecule has 2 heterocycles. The molecule has 11 nitrogen and oxygen atoms in total. The zero-order valence-corrected chi connectivity index (χ0v) is 24.3. The molecule has 2 rings (SSSR count). The van der Waals surface area contributed by atoms with Crippen LogP contribution in [0.2, 0.25) is 5.02 Å². The van der Waals surface area contributed by atoms with Gasteiger partial charge in [-0.25, -0.2) is 4.79 Å². The number of halogens is 4.